The number of hydrogen-bond donors (Lipinski definition) is 1. The summed E-state index contributed by atoms with van der Waals surface area (Å²) in [6.07, 6.45) is 4.00. The number of methoxy groups -OCH3 is 1. The van der Waals surface area contributed by atoms with Gasteiger partial charge in [0.15, 0.2) is 0 Å². The summed E-state index contributed by atoms with van der Waals surface area (Å²) < 4.78 is 16.6. The molecule has 0 aromatic heterocycles. The van der Waals surface area contributed by atoms with Gasteiger partial charge in [-0.1, -0.05) is 26.3 Å². The van der Waals surface area contributed by atoms with E-state index >= 15 is 0 Å². The summed E-state index contributed by atoms with van der Waals surface area (Å²) >= 11 is 0. The summed E-state index contributed by atoms with van der Waals surface area (Å²) in [6, 6.07) is 6.05. The highest BCUT2D eigenvalue weighted by molar-refractivity contribution is 5.41. The number of ether oxygens (including phenoxy) is 3. The van der Waals surface area contributed by atoms with Crippen LogP contribution in [0.25, 0.3) is 0 Å². The van der Waals surface area contributed by atoms with Crippen molar-refractivity contribution < 1.29 is 14.2 Å². The molecular weight excluding hydrogens is 266 g/mol. The van der Waals surface area contributed by atoms with Gasteiger partial charge in [0.2, 0.25) is 0 Å². The monoisotopic (exact) mass is 295 g/mol. The lowest BCUT2D eigenvalue weighted by Gasteiger charge is -2.15. The van der Waals surface area contributed by atoms with Crippen molar-refractivity contribution in [2.45, 2.75) is 45.6 Å². The molecule has 1 rings (SSSR count). The van der Waals surface area contributed by atoms with Crippen molar-refractivity contribution in [1.82, 2.24) is 0 Å². The van der Waals surface area contributed by atoms with E-state index in [1.54, 1.807) is 7.11 Å². The summed E-state index contributed by atoms with van der Waals surface area (Å²) in [5, 5.41) is 0. The highest BCUT2D eigenvalue weighted by Crippen LogP contribution is 2.26. The quantitative estimate of drug-likeness (QED) is 0.637. The summed E-state index contributed by atoms with van der Waals surface area (Å²) in [4.78, 5) is 0. The molecule has 0 aliphatic heterocycles. The van der Waals surface area contributed by atoms with Gasteiger partial charge in [-0.3, -0.25) is 0 Å². The minimum atomic E-state index is 0.154. The van der Waals surface area contributed by atoms with Crippen LogP contribution in [0.2, 0.25) is 0 Å². The van der Waals surface area contributed by atoms with Crippen LogP contribution in [0.5, 0.6) is 11.5 Å². The second kappa shape index (κ2) is 10.5. The molecule has 1 atom stereocenters. The lowest BCUT2D eigenvalue weighted by atomic mass is 10.0. The zero-order chi connectivity index (χ0) is 15.5. The Hall–Kier alpha value is -1.26. The SMILES string of the molecule is CCCCOCCOc1cc(OC)ccc1CC(N)CC. The largest absolute Gasteiger partial charge is 0.497 e. The van der Waals surface area contributed by atoms with Crippen LogP contribution >= 0.6 is 0 Å². The maximum Gasteiger partial charge on any atom is 0.126 e. The normalized spacial score (nSPS) is 12.2. The fourth-order valence-electron chi connectivity index (χ4n) is 1.95. The third-order valence-electron chi connectivity index (χ3n) is 3.41. The summed E-state index contributed by atoms with van der Waals surface area (Å²) in [7, 11) is 1.66. The maximum atomic E-state index is 6.04. The van der Waals surface area contributed by atoms with E-state index in [1.165, 1.54) is 0 Å². The molecule has 0 bridgehead atoms. The summed E-state index contributed by atoms with van der Waals surface area (Å²) in [5.74, 6) is 1.64. The van der Waals surface area contributed by atoms with Gasteiger partial charge in [-0.05, 0) is 30.9 Å². The van der Waals surface area contributed by atoms with Crippen LogP contribution in [0.15, 0.2) is 18.2 Å². The molecule has 4 heteroatoms. The highest BCUT2D eigenvalue weighted by Gasteiger charge is 2.09. The molecule has 0 radical (unpaired) electrons. The van der Waals surface area contributed by atoms with Crippen LogP contribution in [-0.4, -0.2) is 33.0 Å². The summed E-state index contributed by atoms with van der Waals surface area (Å²) in [5.41, 5.74) is 7.17. The molecule has 0 aliphatic rings. The van der Waals surface area contributed by atoms with Gasteiger partial charge < -0.3 is 19.9 Å². The number of nitrogens with two attached hydrogens (primary N) is 1. The predicted octanol–water partition coefficient (Wildman–Crippen LogP) is 3.17. The lowest BCUT2D eigenvalue weighted by Crippen LogP contribution is -2.22. The molecule has 0 spiro atoms. The molecule has 21 heavy (non-hydrogen) atoms. The van der Waals surface area contributed by atoms with Crippen LogP contribution in [0.3, 0.4) is 0 Å². The average Bonchev–Trinajstić information content (AvgIpc) is 2.51. The van der Waals surface area contributed by atoms with Crippen molar-refractivity contribution in [1.29, 1.82) is 0 Å². The maximum absolute atomic E-state index is 6.04. The van der Waals surface area contributed by atoms with Crippen molar-refractivity contribution >= 4 is 0 Å². The van der Waals surface area contributed by atoms with Crippen molar-refractivity contribution in [3.05, 3.63) is 23.8 Å². The molecule has 0 fully saturated rings. The van der Waals surface area contributed by atoms with E-state index < -0.39 is 0 Å². The fraction of sp³-hybridized carbons (Fsp3) is 0.647. The number of benzene rings is 1. The van der Waals surface area contributed by atoms with Gasteiger partial charge in [-0.15, -0.1) is 0 Å². The Morgan fingerprint density at radius 2 is 1.95 bits per heavy atom. The first-order chi connectivity index (χ1) is 10.2. The Morgan fingerprint density at radius 3 is 2.62 bits per heavy atom. The molecule has 0 saturated carbocycles. The minimum absolute atomic E-state index is 0.154. The lowest BCUT2D eigenvalue weighted by molar-refractivity contribution is 0.0976. The van der Waals surface area contributed by atoms with Gasteiger partial charge in [0.1, 0.15) is 18.1 Å². The smallest absolute Gasteiger partial charge is 0.126 e. The molecule has 0 aliphatic carbocycles. The van der Waals surface area contributed by atoms with Crippen LogP contribution < -0.4 is 15.2 Å². The molecule has 0 saturated heterocycles. The van der Waals surface area contributed by atoms with Crippen LogP contribution in [-0.2, 0) is 11.2 Å². The van der Waals surface area contributed by atoms with E-state index in [2.05, 4.69) is 13.8 Å². The van der Waals surface area contributed by atoms with Gasteiger partial charge in [0.25, 0.3) is 0 Å². The molecule has 1 unspecified atom stereocenters. The topological polar surface area (TPSA) is 53.7 Å². The van der Waals surface area contributed by atoms with E-state index in [4.69, 9.17) is 19.9 Å². The van der Waals surface area contributed by atoms with Crippen molar-refractivity contribution in [2.24, 2.45) is 5.73 Å². The molecule has 120 valence electrons. The first-order valence-electron chi connectivity index (χ1n) is 7.84. The van der Waals surface area contributed by atoms with E-state index in [1.807, 2.05) is 18.2 Å². The molecule has 0 amide bonds. The van der Waals surface area contributed by atoms with Gasteiger partial charge in [0.05, 0.1) is 13.7 Å². The van der Waals surface area contributed by atoms with Gasteiger partial charge in [0, 0.05) is 18.7 Å². The van der Waals surface area contributed by atoms with Gasteiger partial charge >= 0.3 is 0 Å². The van der Waals surface area contributed by atoms with Crippen LogP contribution in [0.4, 0.5) is 0 Å². The second-order valence-electron chi connectivity index (χ2n) is 5.16. The Kier molecular flexibility index (Phi) is 8.87. The number of hydrogen-bond acceptors (Lipinski definition) is 4. The van der Waals surface area contributed by atoms with Gasteiger partial charge in [-0.25, -0.2) is 0 Å². The predicted molar refractivity (Wildman–Crippen MR) is 86.2 cm³/mol. The average molecular weight is 295 g/mol. The molecule has 0 heterocycles. The standard InChI is InChI=1S/C17H29NO3/c1-4-6-9-20-10-11-21-17-13-16(19-3)8-7-14(17)12-15(18)5-2/h7-8,13,15H,4-6,9-12,18H2,1-3H3. The van der Waals surface area contributed by atoms with Crippen molar-refractivity contribution in [2.75, 3.05) is 26.9 Å². The van der Waals surface area contributed by atoms with Crippen LogP contribution in [0.1, 0.15) is 38.7 Å². The zero-order valence-corrected chi connectivity index (χ0v) is 13.6. The fourth-order valence-corrected chi connectivity index (χ4v) is 1.95. The van der Waals surface area contributed by atoms with E-state index in [-0.39, 0.29) is 6.04 Å². The van der Waals surface area contributed by atoms with E-state index in [0.29, 0.717) is 13.2 Å². The third-order valence-corrected chi connectivity index (χ3v) is 3.41. The Morgan fingerprint density at radius 1 is 1.14 bits per heavy atom. The van der Waals surface area contributed by atoms with Gasteiger partial charge in [-0.2, -0.15) is 0 Å². The first kappa shape index (κ1) is 17.8. The zero-order valence-electron chi connectivity index (χ0n) is 13.6. The van der Waals surface area contributed by atoms with Crippen LogP contribution in [0, 0.1) is 0 Å². The minimum Gasteiger partial charge on any atom is -0.497 e. The Bertz CT molecular complexity index is 396. The third kappa shape index (κ3) is 6.82. The molecule has 1 aromatic rings. The number of rotatable bonds is 11. The molecule has 4 nitrogen and oxygen atoms in total. The van der Waals surface area contributed by atoms with E-state index in [0.717, 1.165) is 49.4 Å². The van der Waals surface area contributed by atoms with E-state index in [9.17, 15) is 0 Å². The number of unbranched alkanes of at least 4 members (excludes halogenated alkanes) is 1. The first-order valence-corrected chi connectivity index (χ1v) is 7.84. The Balaban J connectivity index is 2.55. The summed E-state index contributed by atoms with van der Waals surface area (Å²) in [6.45, 7) is 6.20. The highest BCUT2D eigenvalue weighted by atomic mass is 16.5. The molecule has 1 aromatic carbocycles. The molecular formula is C17H29NO3. The van der Waals surface area contributed by atoms with Crippen molar-refractivity contribution in [3.63, 3.8) is 0 Å². The Labute approximate surface area is 128 Å². The van der Waals surface area contributed by atoms with Crippen molar-refractivity contribution in [3.8, 4) is 11.5 Å². The molecule has 2 N–H and O–H groups in total. The second-order valence-corrected chi connectivity index (χ2v) is 5.16.